The van der Waals surface area contributed by atoms with Gasteiger partial charge in [-0.25, -0.2) is 0 Å². The Bertz CT molecular complexity index is 8.00. The van der Waals surface area contributed by atoms with E-state index >= 15 is 0 Å². The Morgan fingerprint density at radius 2 is 1.25 bits per heavy atom. The topological polar surface area (TPSA) is 17.1 Å². The number of hydrogen-bond donors (Lipinski definition) is 0. The summed E-state index contributed by atoms with van der Waals surface area (Å²) in [6.07, 6.45) is 0. The molecule has 0 fully saturated rings. The van der Waals surface area contributed by atoms with Crippen LogP contribution in [0.3, 0.4) is 0 Å². The molecule has 0 aromatic rings. The summed E-state index contributed by atoms with van der Waals surface area (Å²) in [5.74, 6) is 0. The van der Waals surface area contributed by atoms with Crippen molar-refractivity contribution in [1.82, 2.24) is 0 Å². The van der Waals surface area contributed by atoms with Crippen LogP contribution < -0.4 is 0 Å². The molecule has 0 saturated heterocycles. The minimum atomic E-state index is 0. The molecule has 0 aliphatic heterocycles. The molecule has 0 aliphatic rings. The fourth-order valence-corrected chi connectivity index (χ4v) is 0. The quantitative estimate of drug-likeness (QED) is 0.478. The van der Waals surface area contributed by atoms with E-state index < -0.39 is 0 Å². The molecule has 33 valence electrons. The molecule has 0 rings (SSSR count). The third kappa shape index (κ3) is 11.4. The number of rotatable bonds is 0. The third-order valence-corrected chi connectivity index (χ3v) is 0. The van der Waals surface area contributed by atoms with Crippen molar-refractivity contribution < 1.29 is 36.0 Å². The molecule has 0 unspecified atom stereocenters. The van der Waals surface area contributed by atoms with Crippen LogP contribution in [0.2, 0.25) is 0 Å². The minimum absolute atomic E-state index is 0. The van der Waals surface area contributed by atoms with Gasteiger partial charge in [0.2, 0.25) is 0 Å². The van der Waals surface area contributed by atoms with E-state index in [-0.39, 0.29) is 28.9 Å². The molecule has 0 atom stereocenters. The normalized spacial score (nSPS) is 1.25. The second-order valence-corrected chi connectivity index (χ2v) is 0. The Labute approximate surface area is 48.6 Å². The van der Waals surface area contributed by atoms with Crippen molar-refractivity contribution in [2.24, 2.45) is 0 Å². The van der Waals surface area contributed by atoms with Crippen molar-refractivity contribution in [3.05, 3.63) is 0 Å². The summed E-state index contributed by atoms with van der Waals surface area (Å²) in [7, 11) is 0. The Morgan fingerprint density at radius 1 is 1.25 bits per heavy atom. The number of halogens is 1. The molecule has 0 heterocycles. The zero-order chi connectivity index (χ0) is 2.00. The summed E-state index contributed by atoms with van der Waals surface area (Å²) in [5.41, 5.74) is 0. The Balaban J connectivity index is -0.00000000500. The summed E-state index contributed by atoms with van der Waals surface area (Å²) < 4.78 is 7.94. The third-order valence-electron chi connectivity index (χ3n) is 0. The molecule has 0 spiro atoms. The molecule has 4 heteroatoms. The first kappa shape index (κ1) is 19.5. The first-order valence-electron chi connectivity index (χ1n) is 0.136. The van der Waals surface area contributed by atoms with Crippen molar-refractivity contribution in [2.45, 2.75) is 0 Å². The molecule has 0 saturated carbocycles. The van der Waals surface area contributed by atoms with Gasteiger partial charge in [-0.1, -0.05) is 0 Å². The van der Waals surface area contributed by atoms with Crippen LogP contribution in [0.15, 0.2) is 0 Å². The number of hydrogen-bond acceptors (Lipinski definition) is 1. The van der Waals surface area contributed by atoms with E-state index in [1.54, 1.807) is 0 Å². The van der Waals surface area contributed by atoms with Crippen LogP contribution in [0, 0.1) is 0 Å². The fraction of sp³-hybridized carbons (Fsp3) is 0. The van der Waals surface area contributed by atoms with Crippen molar-refractivity contribution >= 4 is 12.4 Å². The first-order valence-corrected chi connectivity index (χ1v) is 0.561. The van der Waals surface area contributed by atoms with Gasteiger partial charge in [-0.05, 0) is 0 Å². The average Bonchev–Trinajstić information content (AvgIpc) is 1.00. The fourth-order valence-electron chi connectivity index (χ4n) is 0. The van der Waals surface area contributed by atoms with Gasteiger partial charge in [0.05, 0.1) is 0 Å². The first-order chi connectivity index (χ1) is 1.00. The Kier molecular flexibility index (Phi) is 160. The molecular weight excluding hydrogens is 169 g/mol. The Hall–Kier alpha value is 1.09. The standard InChI is InChI=1S/ClH.Co.Ni.O/h1H;;;. The van der Waals surface area contributed by atoms with Gasteiger partial charge in [0.1, 0.15) is 0 Å². The average molecular weight is 170 g/mol. The van der Waals surface area contributed by atoms with Gasteiger partial charge in [-0.3, -0.25) is 0 Å². The van der Waals surface area contributed by atoms with Gasteiger partial charge in [0, 0.05) is 16.5 Å². The van der Waals surface area contributed by atoms with Gasteiger partial charge in [0.25, 0.3) is 0 Å². The molecule has 0 aromatic heterocycles. The van der Waals surface area contributed by atoms with Gasteiger partial charge < -0.3 is 0 Å². The van der Waals surface area contributed by atoms with E-state index in [2.05, 4.69) is 15.7 Å². The van der Waals surface area contributed by atoms with Crippen molar-refractivity contribution in [1.29, 1.82) is 0 Å². The van der Waals surface area contributed by atoms with E-state index in [9.17, 15) is 0 Å². The van der Waals surface area contributed by atoms with Gasteiger partial charge in [-0.2, -0.15) is 0 Å². The van der Waals surface area contributed by atoms with E-state index in [1.165, 1.54) is 0 Å². The predicted octanol–water partition coefficient (Wildman–Crippen LogP) is 0.298. The van der Waals surface area contributed by atoms with E-state index in [0.717, 1.165) is 0 Å². The molecule has 4 heavy (non-hydrogen) atoms. The molecule has 0 bridgehead atoms. The SMILES string of the molecule is Cl.[Ni].[O]=[Co]. The molecule has 0 aliphatic carbocycles. The van der Waals surface area contributed by atoms with Crippen LogP contribution in [0.1, 0.15) is 0 Å². The summed E-state index contributed by atoms with van der Waals surface area (Å²) >= 11 is 2.31. The van der Waals surface area contributed by atoms with E-state index in [4.69, 9.17) is 3.87 Å². The summed E-state index contributed by atoms with van der Waals surface area (Å²) in [5, 5.41) is 0. The van der Waals surface area contributed by atoms with Crippen LogP contribution in [-0.4, -0.2) is 0 Å². The second kappa shape index (κ2) is 32.9. The van der Waals surface area contributed by atoms with E-state index in [1.807, 2.05) is 0 Å². The zero-order valence-corrected chi connectivity index (χ0v) is 4.31. The molecule has 0 radical (unpaired) electrons. The zero-order valence-electron chi connectivity index (χ0n) is 1.47. The van der Waals surface area contributed by atoms with Crippen molar-refractivity contribution in [3.8, 4) is 0 Å². The van der Waals surface area contributed by atoms with Crippen LogP contribution in [-0.2, 0) is 36.0 Å². The molecule has 0 N–H and O–H groups in total. The van der Waals surface area contributed by atoms with Crippen LogP contribution >= 0.6 is 12.4 Å². The van der Waals surface area contributed by atoms with E-state index in [0.29, 0.717) is 0 Å². The van der Waals surface area contributed by atoms with Crippen molar-refractivity contribution in [3.63, 3.8) is 0 Å². The Morgan fingerprint density at radius 3 is 1.25 bits per heavy atom. The maximum absolute atomic E-state index is 7.94. The summed E-state index contributed by atoms with van der Waals surface area (Å²) in [6, 6.07) is 0. The molecule has 0 aromatic carbocycles. The van der Waals surface area contributed by atoms with Crippen LogP contribution in [0.4, 0.5) is 0 Å². The second-order valence-electron chi connectivity index (χ2n) is 0. The molecular formula is HClCoNiO. The predicted molar refractivity (Wildman–Crippen MR) is 7.93 cm³/mol. The van der Waals surface area contributed by atoms with Gasteiger partial charge in [0.15, 0.2) is 0 Å². The molecule has 0 amide bonds. The van der Waals surface area contributed by atoms with Crippen LogP contribution in [0.25, 0.3) is 0 Å². The van der Waals surface area contributed by atoms with Crippen LogP contribution in [0.5, 0.6) is 0 Å². The summed E-state index contributed by atoms with van der Waals surface area (Å²) in [4.78, 5) is 0. The molecule has 1 nitrogen and oxygen atoms in total. The van der Waals surface area contributed by atoms with Crippen molar-refractivity contribution in [2.75, 3.05) is 0 Å². The monoisotopic (exact) mass is 169 g/mol. The van der Waals surface area contributed by atoms with Gasteiger partial charge in [-0.15, -0.1) is 12.4 Å². The maximum atomic E-state index is 7.94. The van der Waals surface area contributed by atoms with Gasteiger partial charge >= 0.3 is 19.5 Å². The summed E-state index contributed by atoms with van der Waals surface area (Å²) in [6.45, 7) is 0.